The van der Waals surface area contributed by atoms with Gasteiger partial charge >= 0.3 is 0 Å². The minimum Gasteiger partial charge on any atom is -0.396 e. The second-order valence-corrected chi connectivity index (χ2v) is 5.92. The molecule has 94 valence electrons. The molecular formula is C13H17BrClNO. The van der Waals surface area contributed by atoms with E-state index in [1.165, 1.54) is 6.42 Å². The van der Waals surface area contributed by atoms with Crippen LogP contribution in [0.1, 0.15) is 24.8 Å². The molecular weight excluding hydrogens is 302 g/mol. The molecule has 0 aromatic heterocycles. The van der Waals surface area contributed by atoms with Gasteiger partial charge in [-0.25, -0.2) is 0 Å². The summed E-state index contributed by atoms with van der Waals surface area (Å²) < 4.78 is 1.05. The highest BCUT2D eigenvalue weighted by Gasteiger charge is 2.25. The quantitative estimate of drug-likeness (QED) is 0.892. The largest absolute Gasteiger partial charge is 0.396 e. The van der Waals surface area contributed by atoms with E-state index in [4.69, 9.17) is 11.6 Å². The minimum atomic E-state index is 0.282. The average Bonchev–Trinajstić information content (AvgIpc) is 2.77. The van der Waals surface area contributed by atoms with Crippen LogP contribution in [0.15, 0.2) is 22.7 Å². The van der Waals surface area contributed by atoms with E-state index in [9.17, 15) is 5.11 Å². The average molecular weight is 319 g/mol. The Balaban J connectivity index is 1.95. The van der Waals surface area contributed by atoms with Crippen LogP contribution in [-0.2, 0) is 6.54 Å². The van der Waals surface area contributed by atoms with E-state index in [1.807, 2.05) is 18.2 Å². The summed E-state index contributed by atoms with van der Waals surface area (Å²) >= 11 is 9.59. The Kier molecular flexibility index (Phi) is 4.86. The van der Waals surface area contributed by atoms with Crippen molar-refractivity contribution in [1.29, 1.82) is 0 Å². The maximum atomic E-state index is 9.26. The highest BCUT2D eigenvalue weighted by atomic mass is 79.9. The summed E-state index contributed by atoms with van der Waals surface area (Å²) in [6.07, 6.45) is 3.48. The lowest BCUT2D eigenvalue weighted by Crippen LogP contribution is -2.33. The molecule has 1 aromatic carbocycles. The second kappa shape index (κ2) is 6.19. The van der Waals surface area contributed by atoms with Crippen LogP contribution in [0.2, 0.25) is 5.02 Å². The third-order valence-electron chi connectivity index (χ3n) is 3.46. The molecule has 17 heavy (non-hydrogen) atoms. The number of hydrogen-bond donors (Lipinski definition) is 2. The number of nitrogens with one attached hydrogen (secondary N) is 1. The number of benzene rings is 1. The molecule has 0 spiro atoms. The Bertz CT molecular complexity index is 386. The Morgan fingerprint density at radius 1 is 1.41 bits per heavy atom. The number of halogens is 2. The summed E-state index contributed by atoms with van der Waals surface area (Å²) in [4.78, 5) is 0. The van der Waals surface area contributed by atoms with Gasteiger partial charge < -0.3 is 10.4 Å². The second-order valence-electron chi connectivity index (χ2n) is 4.60. The van der Waals surface area contributed by atoms with Gasteiger partial charge in [-0.15, -0.1) is 0 Å². The van der Waals surface area contributed by atoms with E-state index < -0.39 is 0 Å². The fourth-order valence-corrected chi connectivity index (χ4v) is 3.04. The van der Waals surface area contributed by atoms with Crippen molar-refractivity contribution in [1.82, 2.24) is 5.32 Å². The molecule has 1 saturated carbocycles. The molecule has 1 aliphatic rings. The van der Waals surface area contributed by atoms with Crippen molar-refractivity contribution >= 4 is 27.5 Å². The molecule has 2 N–H and O–H groups in total. The van der Waals surface area contributed by atoms with Crippen molar-refractivity contribution in [3.8, 4) is 0 Å². The van der Waals surface area contributed by atoms with E-state index in [2.05, 4.69) is 21.2 Å². The molecule has 0 radical (unpaired) electrons. The summed E-state index contributed by atoms with van der Waals surface area (Å²) in [5.74, 6) is 0.404. The van der Waals surface area contributed by atoms with Gasteiger partial charge in [0.05, 0.1) is 0 Å². The Labute approximate surface area is 115 Å². The molecule has 2 rings (SSSR count). The zero-order valence-corrected chi connectivity index (χ0v) is 12.0. The first kappa shape index (κ1) is 13.3. The maximum Gasteiger partial charge on any atom is 0.0474 e. The molecule has 1 aliphatic carbocycles. The van der Waals surface area contributed by atoms with E-state index in [-0.39, 0.29) is 6.61 Å². The van der Waals surface area contributed by atoms with E-state index >= 15 is 0 Å². The van der Waals surface area contributed by atoms with Crippen LogP contribution in [0.25, 0.3) is 0 Å². The van der Waals surface area contributed by atoms with Gasteiger partial charge in [0, 0.05) is 28.7 Å². The maximum absolute atomic E-state index is 9.26. The van der Waals surface area contributed by atoms with E-state index in [1.54, 1.807) is 0 Å². The molecule has 0 saturated heterocycles. The molecule has 1 fully saturated rings. The predicted molar refractivity (Wildman–Crippen MR) is 74.2 cm³/mol. The monoisotopic (exact) mass is 317 g/mol. The Morgan fingerprint density at radius 2 is 2.24 bits per heavy atom. The molecule has 2 nitrogen and oxygen atoms in total. The van der Waals surface area contributed by atoms with E-state index in [0.29, 0.717) is 12.0 Å². The predicted octanol–water partition coefficient (Wildman–Crippen LogP) is 3.35. The lowest BCUT2D eigenvalue weighted by molar-refractivity contribution is 0.205. The number of rotatable bonds is 4. The third kappa shape index (κ3) is 3.44. The first-order chi connectivity index (χ1) is 8.20. The highest BCUT2D eigenvalue weighted by Crippen LogP contribution is 2.26. The van der Waals surface area contributed by atoms with Crippen molar-refractivity contribution in [3.05, 3.63) is 33.3 Å². The van der Waals surface area contributed by atoms with Crippen molar-refractivity contribution in [3.63, 3.8) is 0 Å². The van der Waals surface area contributed by atoms with Gasteiger partial charge in [-0.3, -0.25) is 0 Å². The summed E-state index contributed by atoms with van der Waals surface area (Å²) in [7, 11) is 0. The van der Waals surface area contributed by atoms with Crippen LogP contribution in [0.3, 0.4) is 0 Å². The van der Waals surface area contributed by atoms with Gasteiger partial charge in [0.15, 0.2) is 0 Å². The fraction of sp³-hybridized carbons (Fsp3) is 0.538. The summed E-state index contributed by atoms with van der Waals surface area (Å²) in [6, 6.07) is 6.31. The normalized spacial score (nSPS) is 24.2. The van der Waals surface area contributed by atoms with Gasteiger partial charge in [-0.1, -0.05) is 34.0 Å². The van der Waals surface area contributed by atoms with Crippen molar-refractivity contribution in [2.45, 2.75) is 31.8 Å². The summed E-state index contributed by atoms with van der Waals surface area (Å²) in [5.41, 5.74) is 1.10. The van der Waals surface area contributed by atoms with Gasteiger partial charge in [0.2, 0.25) is 0 Å². The van der Waals surface area contributed by atoms with Crippen LogP contribution in [-0.4, -0.2) is 17.8 Å². The lowest BCUT2D eigenvalue weighted by atomic mass is 10.0. The van der Waals surface area contributed by atoms with Crippen LogP contribution < -0.4 is 5.32 Å². The Morgan fingerprint density at radius 3 is 3.00 bits per heavy atom. The molecule has 1 aromatic rings. The van der Waals surface area contributed by atoms with Gasteiger partial charge in [-0.05, 0) is 42.5 Å². The van der Waals surface area contributed by atoms with Gasteiger partial charge in [0.25, 0.3) is 0 Å². The summed E-state index contributed by atoms with van der Waals surface area (Å²) in [6.45, 7) is 1.04. The fourth-order valence-electron chi connectivity index (χ4n) is 2.44. The van der Waals surface area contributed by atoms with Gasteiger partial charge in [-0.2, -0.15) is 0 Å². The van der Waals surface area contributed by atoms with Crippen LogP contribution in [0.5, 0.6) is 0 Å². The van der Waals surface area contributed by atoms with Crippen LogP contribution in [0, 0.1) is 5.92 Å². The Hall–Kier alpha value is -0.0900. The molecule has 0 amide bonds. The number of aliphatic hydroxyl groups is 1. The first-order valence-corrected chi connectivity index (χ1v) is 7.16. The van der Waals surface area contributed by atoms with E-state index in [0.717, 1.165) is 34.4 Å². The highest BCUT2D eigenvalue weighted by molar-refractivity contribution is 9.10. The zero-order valence-electron chi connectivity index (χ0n) is 9.63. The molecule has 2 unspecified atom stereocenters. The smallest absolute Gasteiger partial charge is 0.0474 e. The third-order valence-corrected chi connectivity index (χ3v) is 4.32. The topological polar surface area (TPSA) is 32.3 Å². The molecule has 0 bridgehead atoms. The molecule has 2 atom stereocenters. The molecule has 0 aliphatic heterocycles. The van der Waals surface area contributed by atoms with Gasteiger partial charge in [0.1, 0.15) is 0 Å². The van der Waals surface area contributed by atoms with Crippen molar-refractivity contribution in [2.24, 2.45) is 5.92 Å². The summed E-state index contributed by atoms with van der Waals surface area (Å²) in [5, 5.41) is 13.6. The van der Waals surface area contributed by atoms with Crippen molar-refractivity contribution in [2.75, 3.05) is 6.61 Å². The van der Waals surface area contributed by atoms with Crippen LogP contribution >= 0.6 is 27.5 Å². The standard InChI is InChI=1S/C13H17BrClNO/c14-11-4-5-12(15)10(6-11)7-16-13-3-1-2-9(13)8-17/h4-6,9,13,16-17H,1-3,7-8H2. The molecule has 4 heteroatoms. The minimum absolute atomic E-state index is 0.282. The van der Waals surface area contributed by atoms with Crippen LogP contribution in [0.4, 0.5) is 0 Å². The SMILES string of the molecule is OCC1CCCC1NCc1cc(Br)ccc1Cl. The molecule has 0 heterocycles. The number of aliphatic hydroxyl groups excluding tert-OH is 1. The van der Waals surface area contributed by atoms with Crippen molar-refractivity contribution < 1.29 is 5.11 Å². The first-order valence-electron chi connectivity index (χ1n) is 5.99. The number of hydrogen-bond acceptors (Lipinski definition) is 2. The lowest BCUT2D eigenvalue weighted by Gasteiger charge is -2.19. The zero-order chi connectivity index (χ0) is 12.3.